The zero-order valence-corrected chi connectivity index (χ0v) is 11.4. The van der Waals surface area contributed by atoms with Gasteiger partial charge in [0.05, 0.1) is 11.7 Å². The molecule has 4 heteroatoms. The summed E-state index contributed by atoms with van der Waals surface area (Å²) in [6.45, 7) is 2.06. The van der Waals surface area contributed by atoms with Gasteiger partial charge in [0.1, 0.15) is 11.3 Å². The van der Waals surface area contributed by atoms with E-state index < -0.39 is 0 Å². The molecule has 4 rings (SSSR count). The van der Waals surface area contributed by atoms with Crippen molar-refractivity contribution in [1.29, 1.82) is 0 Å². The highest BCUT2D eigenvalue weighted by Gasteiger charge is 2.29. The summed E-state index contributed by atoms with van der Waals surface area (Å²) < 4.78 is 2.35. The summed E-state index contributed by atoms with van der Waals surface area (Å²) in [4.78, 5) is 8.97. The Morgan fingerprint density at radius 1 is 1.25 bits per heavy atom. The second kappa shape index (κ2) is 4.07. The molecule has 1 fully saturated rings. The summed E-state index contributed by atoms with van der Waals surface area (Å²) >= 11 is 0. The fourth-order valence-electron chi connectivity index (χ4n) is 2.74. The number of rotatable bonds is 2. The SMILES string of the molecule is Cc1c(N)cccc1-c1nc2cnccc2n1C1CC1. The molecule has 4 nitrogen and oxygen atoms in total. The highest BCUT2D eigenvalue weighted by atomic mass is 15.1. The van der Waals surface area contributed by atoms with Gasteiger partial charge in [0.2, 0.25) is 0 Å². The summed E-state index contributed by atoms with van der Waals surface area (Å²) in [7, 11) is 0. The van der Waals surface area contributed by atoms with E-state index in [4.69, 9.17) is 10.7 Å². The summed E-state index contributed by atoms with van der Waals surface area (Å²) in [5.41, 5.74) is 11.2. The monoisotopic (exact) mass is 264 g/mol. The Balaban J connectivity index is 2.04. The molecular formula is C16H16N4. The number of nitrogens with two attached hydrogens (primary N) is 1. The molecular weight excluding hydrogens is 248 g/mol. The van der Waals surface area contributed by atoms with E-state index in [2.05, 4.69) is 22.5 Å². The molecule has 100 valence electrons. The molecule has 20 heavy (non-hydrogen) atoms. The maximum Gasteiger partial charge on any atom is 0.141 e. The van der Waals surface area contributed by atoms with Crippen molar-refractivity contribution in [2.24, 2.45) is 0 Å². The first-order valence-electron chi connectivity index (χ1n) is 6.93. The molecule has 0 aliphatic heterocycles. The van der Waals surface area contributed by atoms with Crippen LogP contribution in [0.3, 0.4) is 0 Å². The number of imidazole rings is 1. The van der Waals surface area contributed by atoms with E-state index in [0.29, 0.717) is 6.04 Å². The number of nitrogen functional groups attached to an aromatic ring is 1. The molecule has 1 aromatic carbocycles. The number of hydrogen-bond acceptors (Lipinski definition) is 3. The summed E-state index contributed by atoms with van der Waals surface area (Å²) in [6.07, 6.45) is 6.11. The lowest BCUT2D eigenvalue weighted by Gasteiger charge is -2.11. The van der Waals surface area contributed by atoms with Gasteiger partial charge in [-0.3, -0.25) is 4.98 Å². The topological polar surface area (TPSA) is 56.7 Å². The average Bonchev–Trinajstić information content (AvgIpc) is 3.22. The van der Waals surface area contributed by atoms with Gasteiger partial charge in [-0.1, -0.05) is 12.1 Å². The number of nitrogens with zero attached hydrogens (tertiary/aromatic N) is 3. The molecule has 0 radical (unpaired) electrons. The van der Waals surface area contributed by atoms with Crippen LogP contribution in [0.5, 0.6) is 0 Å². The first kappa shape index (κ1) is 11.5. The highest BCUT2D eigenvalue weighted by molar-refractivity contribution is 5.82. The van der Waals surface area contributed by atoms with Gasteiger partial charge in [-0.15, -0.1) is 0 Å². The van der Waals surface area contributed by atoms with Crippen molar-refractivity contribution < 1.29 is 0 Å². The van der Waals surface area contributed by atoms with Gasteiger partial charge in [-0.2, -0.15) is 0 Å². The molecule has 1 aliphatic carbocycles. The molecule has 0 amide bonds. The standard InChI is InChI=1S/C16H16N4/c1-10-12(3-2-4-13(10)17)16-19-14-9-18-8-7-15(14)20(16)11-5-6-11/h2-4,7-9,11H,5-6,17H2,1H3. The molecule has 2 heterocycles. The second-order valence-electron chi connectivity index (χ2n) is 5.42. The molecule has 1 aliphatic rings. The molecule has 0 atom stereocenters. The van der Waals surface area contributed by atoms with Crippen molar-refractivity contribution in [3.05, 3.63) is 42.2 Å². The summed E-state index contributed by atoms with van der Waals surface area (Å²) in [5.74, 6) is 1.01. The van der Waals surface area contributed by atoms with Crippen molar-refractivity contribution in [3.8, 4) is 11.4 Å². The Labute approximate surface area is 117 Å². The molecule has 2 aromatic heterocycles. The Hall–Kier alpha value is -2.36. The molecule has 0 unspecified atom stereocenters. The zero-order valence-electron chi connectivity index (χ0n) is 11.4. The number of aromatic nitrogens is 3. The first-order chi connectivity index (χ1) is 9.75. The lowest BCUT2D eigenvalue weighted by atomic mass is 10.1. The maximum atomic E-state index is 6.04. The zero-order chi connectivity index (χ0) is 13.7. The van der Waals surface area contributed by atoms with E-state index in [1.165, 1.54) is 18.4 Å². The van der Waals surface area contributed by atoms with Crippen LogP contribution in [0.25, 0.3) is 22.4 Å². The first-order valence-corrected chi connectivity index (χ1v) is 6.93. The molecule has 1 saturated carbocycles. The van der Waals surface area contributed by atoms with Crippen molar-refractivity contribution in [2.75, 3.05) is 5.73 Å². The third kappa shape index (κ3) is 1.61. The van der Waals surface area contributed by atoms with Crippen LogP contribution in [0.2, 0.25) is 0 Å². The van der Waals surface area contributed by atoms with Crippen LogP contribution < -0.4 is 5.73 Å². The number of benzene rings is 1. The average molecular weight is 264 g/mol. The second-order valence-corrected chi connectivity index (χ2v) is 5.42. The van der Waals surface area contributed by atoms with Gasteiger partial charge in [0.25, 0.3) is 0 Å². The number of anilines is 1. The van der Waals surface area contributed by atoms with E-state index in [1.54, 1.807) is 0 Å². The predicted molar refractivity (Wildman–Crippen MR) is 80.4 cm³/mol. The molecule has 0 spiro atoms. The highest BCUT2D eigenvalue weighted by Crippen LogP contribution is 2.41. The van der Waals surface area contributed by atoms with Gasteiger partial charge in [-0.05, 0) is 37.5 Å². The van der Waals surface area contributed by atoms with Gasteiger partial charge in [-0.25, -0.2) is 4.98 Å². The fourth-order valence-corrected chi connectivity index (χ4v) is 2.74. The number of fused-ring (bicyclic) bond motifs is 1. The summed E-state index contributed by atoms with van der Waals surface area (Å²) in [6, 6.07) is 8.64. The Kier molecular flexibility index (Phi) is 2.33. The van der Waals surface area contributed by atoms with Crippen molar-refractivity contribution in [2.45, 2.75) is 25.8 Å². The number of hydrogen-bond donors (Lipinski definition) is 1. The lowest BCUT2D eigenvalue weighted by molar-refractivity contribution is 0.774. The van der Waals surface area contributed by atoms with Crippen molar-refractivity contribution in [1.82, 2.24) is 14.5 Å². The van der Waals surface area contributed by atoms with Crippen LogP contribution in [0.4, 0.5) is 5.69 Å². The quantitative estimate of drug-likeness (QED) is 0.722. The largest absolute Gasteiger partial charge is 0.398 e. The molecule has 0 saturated heterocycles. The Morgan fingerprint density at radius 3 is 2.90 bits per heavy atom. The van der Waals surface area contributed by atoms with E-state index in [-0.39, 0.29) is 0 Å². The minimum Gasteiger partial charge on any atom is -0.398 e. The van der Waals surface area contributed by atoms with Crippen LogP contribution in [0, 0.1) is 6.92 Å². The fraction of sp³-hybridized carbons (Fsp3) is 0.250. The summed E-state index contributed by atoms with van der Waals surface area (Å²) in [5, 5.41) is 0. The van der Waals surface area contributed by atoms with Crippen LogP contribution >= 0.6 is 0 Å². The van der Waals surface area contributed by atoms with E-state index >= 15 is 0 Å². The van der Waals surface area contributed by atoms with Crippen LogP contribution in [0.1, 0.15) is 24.4 Å². The van der Waals surface area contributed by atoms with Crippen LogP contribution in [0.15, 0.2) is 36.7 Å². The Morgan fingerprint density at radius 2 is 2.10 bits per heavy atom. The van der Waals surface area contributed by atoms with E-state index in [9.17, 15) is 0 Å². The maximum absolute atomic E-state index is 6.04. The molecule has 2 N–H and O–H groups in total. The normalized spacial score (nSPS) is 14.8. The van der Waals surface area contributed by atoms with Crippen LogP contribution in [-0.4, -0.2) is 14.5 Å². The van der Waals surface area contributed by atoms with Gasteiger partial charge in [0, 0.05) is 23.5 Å². The molecule has 3 aromatic rings. The van der Waals surface area contributed by atoms with E-state index in [1.807, 2.05) is 30.6 Å². The van der Waals surface area contributed by atoms with Crippen LogP contribution in [-0.2, 0) is 0 Å². The number of pyridine rings is 1. The molecule has 0 bridgehead atoms. The van der Waals surface area contributed by atoms with Gasteiger partial charge >= 0.3 is 0 Å². The van der Waals surface area contributed by atoms with E-state index in [0.717, 1.165) is 28.2 Å². The lowest BCUT2D eigenvalue weighted by Crippen LogP contribution is -2.00. The third-order valence-corrected chi connectivity index (χ3v) is 4.02. The van der Waals surface area contributed by atoms with Gasteiger partial charge < -0.3 is 10.3 Å². The third-order valence-electron chi connectivity index (χ3n) is 4.02. The van der Waals surface area contributed by atoms with Gasteiger partial charge in [0.15, 0.2) is 0 Å². The minimum atomic E-state index is 0.568. The minimum absolute atomic E-state index is 0.568. The van der Waals surface area contributed by atoms with Crippen molar-refractivity contribution >= 4 is 16.7 Å². The Bertz CT molecular complexity index is 799. The van der Waals surface area contributed by atoms with Crippen molar-refractivity contribution in [3.63, 3.8) is 0 Å². The smallest absolute Gasteiger partial charge is 0.141 e. The predicted octanol–water partition coefficient (Wildman–Crippen LogP) is 3.32.